The van der Waals surface area contributed by atoms with Gasteiger partial charge < -0.3 is 5.73 Å². The van der Waals surface area contributed by atoms with Crippen LogP contribution in [0.4, 0.5) is 0 Å². The van der Waals surface area contributed by atoms with E-state index in [1.165, 1.54) is 25.4 Å². The second-order valence-electron chi connectivity index (χ2n) is 2.83. The van der Waals surface area contributed by atoms with Crippen molar-refractivity contribution in [3.05, 3.63) is 0 Å². The van der Waals surface area contributed by atoms with Gasteiger partial charge in [-0.15, -0.1) is 0 Å². The van der Waals surface area contributed by atoms with Gasteiger partial charge in [-0.25, -0.2) is 0 Å². The standard InChI is InChI=1S/C6H15N3O2S2/c1-8(2)13(10,11)9(3)5-4-6(7)12/h4-5H2,1-3H3,(H2,7,12). The third-order valence-electron chi connectivity index (χ3n) is 1.53. The third-order valence-corrected chi connectivity index (χ3v) is 3.63. The summed E-state index contributed by atoms with van der Waals surface area (Å²) in [6.07, 6.45) is 0.402. The van der Waals surface area contributed by atoms with Crippen LogP contribution in [-0.2, 0) is 10.2 Å². The number of rotatable bonds is 5. The zero-order chi connectivity index (χ0) is 10.6. The van der Waals surface area contributed by atoms with E-state index in [4.69, 9.17) is 5.73 Å². The van der Waals surface area contributed by atoms with E-state index in [-0.39, 0.29) is 0 Å². The van der Waals surface area contributed by atoms with E-state index in [1.54, 1.807) is 0 Å². The van der Waals surface area contributed by atoms with Crippen LogP contribution in [0.15, 0.2) is 0 Å². The summed E-state index contributed by atoms with van der Waals surface area (Å²) in [4.78, 5) is 0.320. The Labute approximate surface area is 84.7 Å². The largest absolute Gasteiger partial charge is 0.393 e. The van der Waals surface area contributed by atoms with E-state index < -0.39 is 10.2 Å². The molecule has 0 saturated carbocycles. The fourth-order valence-electron chi connectivity index (χ4n) is 0.662. The van der Waals surface area contributed by atoms with Gasteiger partial charge in [0.2, 0.25) is 0 Å². The summed E-state index contributed by atoms with van der Waals surface area (Å²) in [6.45, 7) is 0.315. The normalized spacial score (nSPS) is 12.4. The van der Waals surface area contributed by atoms with Crippen molar-refractivity contribution >= 4 is 27.4 Å². The molecule has 0 bridgehead atoms. The third kappa shape index (κ3) is 3.99. The summed E-state index contributed by atoms with van der Waals surface area (Å²) < 4.78 is 25.2. The Balaban J connectivity index is 4.27. The van der Waals surface area contributed by atoms with Gasteiger partial charge in [0, 0.05) is 34.1 Å². The van der Waals surface area contributed by atoms with Crippen molar-refractivity contribution < 1.29 is 8.42 Å². The lowest BCUT2D eigenvalue weighted by atomic mass is 10.4. The van der Waals surface area contributed by atoms with Gasteiger partial charge in [-0.3, -0.25) is 0 Å². The topological polar surface area (TPSA) is 66.6 Å². The molecule has 13 heavy (non-hydrogen) atoms. The van der Waals surface area contributed by atoms with Gasteiger partial charge in [-0.1, -0.05) is 12.2 Å². The van der Waals surface area contributed by atoms with Crippen LogP contribution in [0.25, 0.3) is 0 Å². The van der Waals surface area contributed by atoms with Gasteiger partial charge in [0.25, 0.3) is 10.2 Å². The minimum absolute atomic E-state index is 0.315. The van der Waals surface area contributed by atoms with Crippen LogP contribution in [0.2, 0.25) is 0 Å². The van der Waals surface area contributed by atoms with Crippen molar-refractivity contribution in [2.75, 3.05) is 27.7 Å². The lowest BCUT2D eigenvalue weighted by Crippen LogP contribution is -2.38. The summed E-state index contributed by atoms with van der Waals surface area (Å²) in [5, 5.41) is 0. The van der Waals surface area contributed by atoms with Crippen LogP contribution in [0, 0.1) is 0 Å². The lowest BCUT2D eigenvalue weighted by Gasteiger charge is -2.20. The monoisotopic (exact) mass is 225 g/mol. The van der Waals surface area contributed by atoms with Crippen LogP contribution in [0.5, 0.6) is 0 Å². The maximum absolute atomic E-state index is 11.4. The molecule has 78 valence electrons. The summed E-state index contributed by atoms with van der Waals surface area (Å²) in [7, 11) is 1.13. The first kappa shape index (κ1) is 12.8. The Kier molecular flexibility index (Phi) is 4.76. The van der Waals surface area contributed by atoms with Gasteiger partial charge in [-0.2, -0.15) is 17.0 Å². The molecule has 7 heteroatoms. The van der Waals surface area contributed by atoms with Crippen molar-refractivity contribution in [3.8, 4) is 0 Å². The molecule has 0 aromatic rings. The van der Waals surface area contributed by atoms with Gasteiger partial charge in [0.15, 0.2) is 0 Å². The second kappa shape index (κ2) is 4.85. The van der Waals surface area contributed by atoms with E-state index in [1.807, 2.05) is 0 Å². The first-order chi connectivity index (χ1) is 5.78. The summed E-state index contributed by atoms with van der Waals surface area (Å²) in [5.74, 6) is 0. The number of nitrogens with zero attached hydrogens (tertiary/aromatic N) is 2. The predicted octanol–water partition coefficient (Wildman–Crippen LogP) is -0.599. The van der Waals surface area contributed by atoms with Gasteiger partial charge in [-0.05, 0) is 0 Å². The van der Waals surface area contributed by atoms with Crippen LogP contribution < -0.4 is 5.73 Å². The molecule has 5 nitrogen and oxygen atoms in total. The SMILES string of the molecule is CN(C)S(=O)(=O)N(C)CCC(N)=S. The van der Waals surface area contributed by atoms with E-state index in [0.717, 1.165) is 4.31 Å². The van der Waals surface area contributed by atoms with Crippen LogP contribution in [0.1, 0.15) is 6.42 Å². The molecule has 0 radical (unpaired) electrons. The first-order valence-corrected chi connectivity index (χ1v) is 5.51. The Bertz CT molecular complexity index is 274. The maximum atomic E-state index is 11.4. The molecule has 0 aromatic heterocycles. The molecule has 0 amide bonds. The number of hydrogen-bond donors (Lipinski definition) is 1. The molecule has 0 heterocycles. The molecule has 0 saturated heterocycles. The quantitative estimate of drug-likeness (QED) is 0.635. The van der Waals surface area contributed by atoms with Crippen molar-refractivity contribution in [3.63, 3.8) is 0 Å². The zero-order valence-corrected chi connectivity index (χ0v) is 9.65. The molecule has 0 unspecified atom stereocenters. The Morgan fingerprint density at radius 2 is 1.85 bits per heavy atom. The Hall–Kier alpha value is -0.240. The number of thiocarbonyl (C=S) groups is 1. The van der Waals surface area contributed by atoms with Gasteiger partial charge in [0.1, 0.15) is 0 Å². The van der Waals surface area contributed by atoms with Crippen molar-refractivity contribution in [1.29, 1.82) is 0 Å². The van der Waals surface area contributed by atoms with Gasteiger partial charge in [0.05, 0.1) is 4.99 Å². The minimum Gasteiger partial charge on any atom is -0.393 e. The molecule has 0 aliphatic heterocycles. The van der Waals surface area contributed by atoms with E-state index in [2.05, 4.69) is 12.2 Å². The summed E-state index contributed by atoms with van der Waals surface area (Å²) in [6, 6.07) is 0. The molecule has 0 atom stereocenters. The summed E-state index contributed by atoms with van der Waals surface area (Å²) >= 11 is 4.65. The smallest absolute Gasteiger partial charge is 0.281 e. The van der Waals surface area contributed by atoms with Crippen LogP contribution >= 0.6 is 12.2 Å². The van der Waals surface area contributed by atoms with E-state index >= 15 is 0 Å². The lowest BCUT2D eigenvalue weighted by molar-refractivity contribution is 0.423. The highest BCUT2D eigenvalue weighted by Crippen LogP contribution is 2.01. The molecule has 0 aliphatic rings. The van der Waals surface area contributed by atoms with Crippen molar-refractivity contribution in [1.82, 2.24) is 8.61 Å². The molecule has 0 aliphatic carbocycles. The van der Waals surface area contributed by atoms with Crippen molar-refractivity contribution in [2.24, 2.45) is 5.73 Å². The number of nitrogens with two attached hydrogens (primary N) is 1. The Morgan fingerprint density at radius 1 is 1.38 bits per heavy atom. The molecule has 0 spiro atoms. The second-order valence-corrected chi connectivity index (χ2v) is 5.60. The predicted molar refractivity (Wildman–Crippen MR) is 56.6 cm³/mol. The summed E-state index contributed by atoms with van der Waals surface area (Å²) in [5.41, 5.74) is 5.26. The van der Waals surface area contributed by atoms with Gasteiger partial charge >= 0.3 is 0 Å². The maximum Gasteiger partial charge on any atom is 0.281 e. The number of hydrogen-bond acceptors (Lipinski definition) is 3. The van der Waals surface area contributed by atoms with Crippen molar-refractivity contribution in [2.45, 2.75) is 6.42 Å². The minimum atomic E-state index is -3.32. The first-order valence-electron chi connectivity index (χ1n) is 3.70. The van der Waals surface area contributed by atoms with E-state index in [0.29, 0.717) is 18.0 Å². The molecular formula is C6H15N3O2S2. The molecule has 0 aromatic carbocycles. The molecule has 0 fully saturated rings. The fourth-order valence-corrected chi connectivity index (χ4v) is 1.63. The molecule has 0 rings (SSSR count). The average molecular weight is 225 g/mol. The van der Waals surface area contributed by atoms with Crippen LogP contribution in [-0.4, -0.2) is 49.7 Å². The average Bonchev–Trinajstić information content (AvgIpc) is 1.99. The highest BCUT2D eigenvalue weighted by molar-refractivity contribution is 7.86. The highest BCUT2D eigenvalue weighted by atomic mass is 32.2. The molecular weight excluding hydrogens is 210 g/mol. The van der Waals surface area contributed by atoms with Crippen LogP contribution in [0.3, 0.4) is 0 Å². The molecule has 2 N–H and O–H groups in total. The fraction of sp³-hybridized carbons (Fsp3) is 0.833. The highest BCUT2D eigenvalue weighted by Gasteiger charge is 2.19. The zero-order valence-electron chi connectivity index (χ0n) is 8.02. The Morgan fingerprint density at radius 3 is 2.15 bits per heavy atom. The van der Waals surface area contributed by atoms with E-state index in [9.17, 15) is 8.42 Å².